The predicted molar refractivity (Wildman–Crippen MR) is 69.8 cm³/mol. The van der Waals surface area contributed by atoms with Crippen LogP contribution in [0.3, 0.4) is 0 Å². The van der Waals surface area contributed by atoms with Crippen molar-refractivity contribution in [3.8, 4) is 0 Å². The molecule has 1 aromatic heterocycles. The Labute approximate surface area is 96.9 Å². The Morgan fingerprint density at radius 1 is 1.19 bits per heavy atom. The summed E-state index contributed by atoms with van der Waals surface area (Å²) in [5.74, 6) is 0. The third kappa shape index (κ3) is 2.12. The third-order valence-corrected chi connectivity index (χ3v) is 3.16. The van der Waals surface area contributed by atoms with Crippen LogP contribution in [0.1, 0.15) is 29.7 Å². The summed E-state index contributed by atoms with van der Waals surface area (Å²) in [5.41, 5.74) is 10.9. The number of H-pyrrole nitrogens is 1. The zero-order valence-electron chi connectivity index (χ0n) is 10.1. The maximum atomic E-state index is 5.53. The minimum absolute atomic E-state index is 0.792. The summed E-state index contributed by atoms with van der Waals surface area (Å²) in [6, 6.07) is 6.60. The summed E-state index contributed by atoms with van der Waals surface area (Å²) < 4.78 is 0. The van der Waals surface area contributed by atoms with Gasteiger partial charge in [0.05, 0.1) is 0 Å². The molecule has 3 N–H and O–H groups in total. The van der Waals surface area contributed by atoms with Gasteiger partial charge in [-0.15, -0.1) is 0 Å². The number of nitrogens with one attached hydrogen (secondary N) is 1. The number of hydrogen-bond acceptors (Lipinski definition) is 1. The summed E-state index contributed by atoms with van der Waals surface area (Å²) >= 11 is 0. The molecular weight excluding hydrogens is 196 g/mol. The van der Waals surface area contributed by atoms with E-state index in [2.05, 4.69) is 37.0 Å². The van der Waals surface area contributed by atoms with E-state index >= 15 is 0 Å². The molecule has 0 atom stereocenters. The van der Waals surface area contributed by atoms with Crippen LogP contribution < -0.4 is 5.73 Å². The predicted octanol–water partition coefficient (Wildman–Crippen LogP) is 3.07. The maximum absolute atomic E-state index is 5.53. The Balaban J connectivity index is 2.34. The minimum atomic E-state index is 0.792. The first-order valence-corrected chi connectivity index (χ1v) is 6.00. The molecule has 0 unspecified atom stereocenters. The molecule has 2 aromatic rings. The van der Waals surface area contributed by atoms with Gasteiger partial charge in [-0.05, 0) is 57.4 Å². The molecule has 0 amide bonds. The van der Waals surface area contributed by atoms with Crippen LogP contribution in [-0.2, 0) is 6.42 Å². The van der Waals surface area contributed by atoms with Gasteiger partial charge < -0.3 is 10.7 Å². The monoisotopic (exact) mass is 216 g/mol. The van der Waals surface area contributed by atoms with Gasteiger partial charge in [-0.1, -0.05) is 11.6 Å². The molecule has 0 fully saturated rings. The number of unbranched alkanes of at least 4 members (excludes halogenated alkanes) is 1. The first-order chi connectivity index (χ1) is 7.72. The van der Waals surface area contributed by atoms with Crippen molar-refractivity contribution in [2.24, 2.45) is 5.73 Å². The smallest absolute Gasteiger partial charge is 0.0459 e. The molecule has 2 nitrogen and oxygen atoms in total. The van der Waals surface area contributed by atoms with Gasteiger partial charge in [0.1, 0.15) is 0 Å². The first kappa shape index (κ1) is 11.2. The molecule has 2 heteroatoms. The molecule has 1 heterocycles. The van der Waals surface area contributed by atoms with Gasteiger partial charge in [0.25, 0.3) is 0 Å². The van der Waals surface area contributed by atoms with Crippen molar-refractivity contribution >= 4 is 10.9 Å². The first-order valence-electron chi connectivity index (χ1n) is 6.00. The van der Waals surface area contributed by atoms with Gasteiger partial charge in [0, 0.05) is 16.6 Å². The average molecular weight is 216 g/mol. The summed E-state index contributed by atoms with van der Waals surface area (Å²) in [5, 5.41) is 1.38. The molecule has 0 saturated carbocycles. The highest BCUT2D eigenvalue weighted by Gasteiger charge is 2.07. The average Bonchev–Trinajstić information content (AvgIpc) is 2.56. The second-order valence-corrected chi connectivity index (χ2v) is 4.52. The second-order valence-electron chi connectivity index (χ2n) is 4.52. The molecule has 0 spiro atoms. The molecule has 0 aliphatic carbocycles. The molecule has 0 radical (unpaired) electrons. The van der Waals surface area contributed by atoms with E-state index in [0.717, 1.165) is 19.4 Å². The maximum Gasteiger partial charge on any atom is 0.0459 e. The van der Waals surface area contributed by atoms with E-state index in [9.17, 15) is 0 Å². The lowest BCUT2D eigenvalue weighted by Crippen LogP contribution is -1.99. The number of nitrogens with two attached hydrogens (primary N) is 1. The number of aromatic amines is 1. The highest BCUT2D eigenvalue weighted by atomic mass is 14.7. The summed E-state index contributed by atoms with van der Waals surface area (Å²) in [4.78, 5) is 3.45. The highest BCUT2D eigenvalue weighted by Crippen LogP contribution is 2.24. The van der Waals surface area contributed by atoms with Gasteiger partial charge in [0.2, 0.25) is 0 Å². The zero-order valence-corrected chi connectivity index (χ0v) is 10.1. The molecule has 0 bridgehead atoms. The molecule has 86 valence electrons. The fourth-order valence-electron chi connectivity index (χ4n) is 2.26. The van der Waals surface area contributed by atoms with E-state index in [1.807, 2.05) is 0 Å². The van der Waals surface area contributed by atoms with Crippen molar-refractivity contribution in [1.29, 1.82) is 0 Å². The minimum Gasteiger partial charge on any atom is -0.358 e. The lowest BCUT2D eigenvalue weighted by atomic mass is 10.0. The fourth-order valence-corrected chi connectivity index (χ4v) is 2.26. The molecule has 1 aromatic carbocycles. The quantitative estimate of drug-likeness (QED) is 0.758. The van der Waals surface area contributed by atoms with Crippen LogP contribution in [0, 0.1) is 13.8 Å². The van der Waals surface area contributed by atoms with Gasteiger partial charge >= 0.3 is 0 Å². The van der Waals surface area contributed by atoms with Crippen LogP contribution in [-0.4, -0.2) is 11.5 Å². The third-order valence-electron chi connectivity index (χ3n) is 3.16. The van der Waals surface area contributed by atoms with Crippen molar-refractivity contribution in [3.05, 3.63) is 35.0 Å². The van der Waals surface area contributed by atoms with Gasteiger partial charge in [-0.3, -0.25) is 0 Å². The van der Waals surface area contributed by atoms with Gasteiger partial charge in [-0.2, -0.15) is 0 Å². The van der Waals surface area contributed by atoms with Crippen LogP contribution in [0.4, 0.5) is 0 Å². The molecule has 16 heavy (non-hydrogen) atoms. The standard InChI is InChI=1S/C14H20N2/c1-10-6-7-14-13(9-10)12(11(2)16-14)5-3-4-8-15/h6-7,9,16H,3-5,8,15H2,1-2H3. The number of benzene rings is 1. The van der Waals surface area contributed by atoms with Crippen LogP contribution in [0.2, 0.25) is 0 Å². The van der Waals surface area contributed by atoms with Crippen molar-refractivity contribution in [2.75, 3.05) is 6.54 Å². The SMILES string of the molecule is Cc1ccc2[nH]c(C)c(CCCCN)c2c1. The Morgan fingerprint density at radius 2 is 2.00 bits per heavy atom. The number of aryl methyl sites for hydroxylation is 3. The van der Waals surface area contributed by atoms with E-state index in [1.165, 1.54) is 34.1 Å². The lowest BCUT2D eigenvalue weighted by molar-refractivity contribution is 0.744. The summed E-state index contributed by atoms with van der Waals surface area (Å²) in [6.45, 7) is 5.10. The number of rotatable bonds is 4. The number of aromatic nitrogens is 1. The normalized spacial score (nSPS) is 11.2. The van der Waals surface area contributed by atoms with E-state index in [4.69, 9.17) is 5.73 Å². The second kappa shape index (κ2) is 4.71. The lowest BCUT2D eigenvalue weighted by Gasteiger charge is -2.01. The summed E-state index contributed by atoms with van der Waals surface area (Å²) in [7, 11) is 0. The largest absolute Gasteiger partial charge is 0.358 e. The molecule has 0 aliphatic heterocycles. The van der Waals surface area contributed by atoms with Crippen molar-refractivity contribution in [1.82, 2.24) is 4.98 Å². The van der Waals surface area contributed by atoms with E-state index in [1.54, 1.807) is 0 Å². The number of hydrogen-bond donors (Lipinski definition) is 2. The molecular formula is C14H20N2. The molecule has 0 aliphatic rings. The van der Waals surface area contributed by atoms with Gasteiger partial charge in [0.15, 0.2) is 0 Å². The van der Waals surface area contributed by atoms with E-state index in [-0.39, 0.29) is 0 Å². The Hall–Kier alpha value is -1.28. The van der Waals surface area contributed by atoms with Crippen molar-refractivity contribution in [3.63, 3.8) is 0 Å². The van der Waals surface area contributed by atoms with Crippen molar-refractivity contribution < 1.29 is 0 Å². The van der Waals surface area contributed by atoms with E-state index < -0.39 is 0 Å². The Kier molecular flexibility index (Phi) is 3.30. The fraction of sp³-hybridized carbons (Fsp3) is 0.429. The zero-order chi connectivity index (χ0) is 11.5. The number of fused-ring (bicyclic) bond motifs is 1. The van der Waals surface area contributed by atoms with Crippen molar-refractivity contribution in [2.45, 2.75) is 33.1 Å². The Morgan fingerprint density at radius 3 is 2.75 bits per heavy atom. The van der Waals surface area contributed by atoms with Crippen LogP contribution >= 0.6 is 0 Å². The molecule has 2 rings (SSSR count). The molecule has 0 saturated heterocycles. The highest BCUT2D eigenvalue weighted by molar-refractivity contribution is 5.85. The van der Waals surface area contributed by atoms with Gasteiger partial charge in [-0.25, -0.2) is 0 Å². The topological polar surface area (TPSA) is 41.8 Å². The van der Waals surface area contributed by atoms with Crippen LogP contribution in [0.5, 0.6) is 0 Å². The van der Waals surface area contributed by atoms with Crippen LogP contribution in [0.15, 0.2) is 18.2 Å². The van der Waals surface area contributed by atoms with Crippen LogP contribution in [0.25, 0.3) is 10.9 Å². The summed E-state index contributed by atoms with van der Waals surface area (Å²) in [6.07, 6.45) is 3.42. The Bertz CT molecular complexity index is 483. The van der Waals surface area contributed by atoms with E-state index in [0.29, 0.717) is 0 Å².